The molecule has 2 aromatic heterocycles. The van der Waals surface area contributed by atoms with Crippen LogP contribution in [0.1, 0.15) is 62.9 Å². The minimum Gasteiger partial charge on any atom is -0.481 e. The van der Waals surface area contributed by atoms with Crippen LogP contribution in [-0.4, -0.2) is 85.5 Å². The van der Waals surface area contributed by atoms with Crippen molar-refractivity contribution in [2.45, 2.75) is 82.7 Å². The van der Waals surface area contributed by atoms with Crippen LogP contribution in [0.5, 0.6) is 0 Å². The molecule has 1 aromatic carbocycles. The second-order valence-corrected chi connectivity index (χ2v) is 11.1. The molecule has 15 heteroatoms. The summed E-state index contributed by atoms with van der Waals surface area (Å²) in [6.45, 7) is 3.79. The van der Waals surface area contributed by atoms with Crippen LogP contribution in [0.2, 0.25) is 0 Å². The Kier molecular flexibility index (Phi) is 9.23. The number of fused-ring (bicyclic) bond motifs is 4. The number of aliphatic carboxylic acids is 1. The van der Waals surface area contributed by atoms with Crippen molar-refractivity contribution in [3.05, 3.63) is 47.8 Å². The number of carboxylic acid groups (broad SMARTS) is 1. The van der Waals surface area contributed by atoms with Gasteiger partial charge < -0.3 is 35.8 Å². The lowest BCUT2D eigenvalue weighted by Crippen LogP contribution is -2.57. The lowest BCUT2D eigenvalue weighted by Gasteiger charge is -2.30. The van der Waals surface area contributed by atoms with Crippen LogP contribution < -0.4 is 21.3 Å². The van der Waals surface area contributed by atoms with E-state index in [-0.39, 0.29) is 24.7 Å². The fraction of sp³-hybridized carbons (Fsp3) is 0.483. The van der Waals surface area contributed by atoms with Gasteiger partial charge in [-0.1, -0.05) is 25.1 Å². The molecule has 2 aliphatic heterocycles. The molecule has 15 nitrogen and oxygen atoms in total. The van der Waals surface area contributed by atoms with Crippen LogP contribution in [-0.2, 0) is 36.9 Å². The van der Waals surface area contributed by atoms with Gasteiger partial charge in [-0.15, -0.1) is 10.2 Å². The zero-order valence-electron chi connectivity index (χ0n) is 24.5. The number of carboxylic acids is 1. The summed E-state index contributed by atoms with van der Waals surface area (Å²) in [5.74, 6) is -3.39. The minimum absolute atomic E-state index is 0.0877. The number of rotatable bonds is 5. The Morgan fingerprint density at radius 3 is 2.57 bits per heavy atom. The first kappa shape index (κ1) is 30.7. The van der Waals surface area contributed by atoms with Gasteiger partial charge in [-0.2, -0.15) is 0 Å². The Hall–Kier alpha value is -4.79. The third-order valence-electron chi connectivity index (χ3n) is 8.06. The maximum Gasteiger partial charge on any atom is 0.305 e. The van der Waals surface area contributed by atoms with Gasteiger partial charge in [-0.05, 0) is 44.4 Å². The second-order valence-electron chi connectivity index (χ2n) is 11.1. The predicted octanol–water partition coefficient (Wildman–Crippen LogP) is 0.288. The third kappa shape index (κ3) is 6.72. The van der Waals surface area contributed by atoms with E-state index in [9.17, 15) is 29.1 Å². The van der Waals surface area contributed by atoms with Gasteiger partial charge in [0, 0.05) is 23.5 Å². The van der Waals surface area contributed by atoms with Gasteiger partial charge in [0.25, 0.3) is 0 Å². The average molecular weight is 609 g/mol. The third-order valence-corrected chi connectivity index (χ3v) is 8.06. The molecule has 0 aliphatic carbocycles. The SMILES string of the molecule is CCC1c2nnc(o2)CNC(=O)[C@H](Cc2c[nH]c3ccccc23)NC(=O)[C@H](C)NC(=O)[C@H](CC(=O)O)NC(=O)[C@@H]2CCCN12. The van der Waals surface area contributed by atoms with Gasteiger partial charge in [0.15, 0.2) is 0 Å². The number of amides is 4. The monoisotopic (exact) mass is 608 g/mol. The molecule has 4 amide bonds. The molecule has 0 radical (unpaired) electrons. The van der Waals surface area contributed by atoms with Gasteiger partial charge in [0.2, 0.25) is 35.4 Å². The van der Waals surface area contributed by atoms with Crippen molar-refractivity contribution in [2.24, 2.45) is 0 Å². The summed E-state index contributed by atoms with van der Waals surface area (Å²) in [7, 11) is 0. The Balaban J connectivity index is 1.46. The Bertz CT molecular complexity index is 1550. The highest BCUT2D eigenvalue weighted by Gasteiger charge is 2.39. The number of nitrogens with zero attached hydrogens (tertiary/aromatic N) is 3. The quantitative estimate of drug-likeness (QED) is 0.233. The summed E-state index contributed by atoms with van der Waals surface area (Å²) >= 11 is 0. The van der Waals surface area contributed by atoms with Crippen LogP contribution in [0.4, 0.5) is 0 Å². The number of H-pyrrole nitrogens is 1. The first-order chi connectivity index (χ1) is 21.1. The predicted molar refractivity (Wildman–Crippen MR) is 155 cm³/mol. The maximum absolute atomic E-state index is 13.4. The molecule has 2 bridgehead atoms. The largest absolute Gasteiger partial charge is 0.481 e. The second kappa shape index (κ2) is 13.2. The number of benzene rings is 1. The van der Waals surface area contributed by atoms with Crippen molar-refractivity contribution in [2.75, 3.05) is 6.54 Å². The first-order valence-corrected chi connectivity index (χ1v) is 14.7. The summed E-state index contributed by atoms with van der Waals surface area (Å²) in [5.41, 5.74) is 1.65. The van der Waals surface area contributed by atoms with Gasteiger partial charge in [-0.25, -0.2) is 0 Å². The average Bonchev–Trinajstić information content (AvgIpc) is 3.76. The van der Waals surface area contributed by atoms with Crippen molar-refractivity contribution in [3.8, 4) is 0 Å². The molecule has 1 fully saturated rings. The lowest BCUT2D eigenvalue weighted by atomic mass is 10.0. The molecule has 0 saturated carbocycles. The van der Waals surface area contributed by atoms with E-state index in [4.69, 9.17) is 4.42 Å². The topological polar surface area (TPSA) is 212 Å². The first-order valence-electron chi connectivity index (χ1n) is 14.7. The Morgan fingerprint density at radius 2 is 1.80 bits per heavy atom. The lowest BCUT2D eigenvalue weighted by molar-refractivity contribution is -0.141. The molecule has 0 spiro atoms. The van der Waals surface area contributed by atoms with Gasteiger partial charge >= 0.3 is 5.97 Å². The van der Waals surface area contributed by atoms with Crippen molar-refractivity contribution < 1.29 is 33.5 Å². The maximum atomic E-state index is 13.4. The molecule has 234 valence electrons. The van der Waals surface area contributed by atoms with Crippen molar-refractivity contribution in [1.29, 1.82) is 0 Å². The number of hydrogen-bond donors (Lipinski definition) is 6. The van der Waals surface area contributed by atoms with E-state index in [0.29, 0.717) is 25.8 Å². The molecule has 6 N–H and O–H groups in total. The number of para-hydroxylation sites is 1. The molecule has 1 saturated heterocycles. The van der Waals surface area contributed by atoms with E-state index in [2.05, 4.69) is 36.4 Å². The van der Waals surface area contributed by atoms with Crippen LogP contribution in [0.25, 0.3) is 10.9 Å². The fourth-order valence-electron chi connectivity index (χ4n) is 5.81. The zero-order valence-corrected chi connectivity index (χ0v) is 24.5. The Labute approximate surface area is 252 Å². The highest BCUT2D eigenvalue weighted by molar-refractivity contribution is 5.96. The van der Waals surface area contributed by atoms with Crippen LogP contribution in [0.15, 0.2) is 34.9 Å². The zero-order chi connectivity index (χ0) is 31.4. The van der Waals surface area contributed by atoms with Crippen molar-refractivity contribution in [1.82, 2.24) is 41.3 Å². The van der Waals surface area contributed by atoms with Gasteiger partial charge in [0.1, 0.15) is 18.1 Å². The highest BCUT2D eigenvalue weighted by Crippen LogP contribution is 2.31. The molecule has 3 aromatic rings. The number of carbonyl (C=O) groups is 5. The minimum atomic E-state index is -1.43. The number of aromatic nitrogens is 3. The van der Waals surface area contributed by atoms with Crippen molar-refractivity contribution in [3.63, 3.8) is 0 Å². The number of carbonyl (C=O) groups excluding carboxylic acids is 4. The standard InChI is InChI=1S/C29H36N8O7/c1-3-21-29-36-35-23(44-29)14-31-26(41)19(11-16-13-30-18-8-5-4-7-17(16)18)33-25(40)15(2)32-27(42)20(12-24(38)39)34-28(43)22-9-6-10-37(21)22/h4-5,7-8,13,15,19-22,30H,3,6,9-12,14H2,1-2H3,(H,31,41)(H,32,42)(H,33,40)(H,34,43)(H,38,39)/t15-,19-,20-,21?,22-/m0/s1. The molecule has 44 heavy (non-hydrogen) atoms. The summed E-state index contributed by atoms with van der Waals surface area (Å²) in [4.78, 5) is 70.0. The van der Waals surface area contributed by atoms with Crippen LogP contribution in [0.3, 0.4) is 0 Å². The van der Waals surface area contributed by atoms with E-state index in [0.717, 1.165) is 16.5 Å². The fourth-order valence-corrected chi connectivity index (χ4v) is 5.81. The summed E-state index contributed by atoms with van der Waals surface area (Å²) in [6.07, 6.45) is 2.92. The number of aromatic amines is 1. The summed E-state index contributed by atoms with van der Waals surface area (Å²) < 4.78 is 5.91. The van der Waals surface area contributed by atoms with Crippen molar-refractivity contribution >= 4 is 40.5 Å². The van der Waals surface area contributed by atoms with E-state index in [1.165, 1.54) is 6.92 Å². The van der Waals surface area contributed by atoms with Crippen LogP contribution >= 0.6 is 0 Å². The molecule has 2 aliphatic rings. The summed E-state index contributed by atoms with van der Waals surface area (Å²) in [6, 6.07) is 2.83. The normalized spacial score (nSPS) is 25.7. The smallest absolute Gasteiger partial charge is 0.305 e. The molecular formula is C29H36N8O7. The molecule has 5 atom stereocenters. The summed E-state index contributed by atoms with van der Waals surface area (Å²) in [5, 5.41) is 29.2. The van der Waals surface area contributed by atoms with Gasteiger partial charge in [-0.3, -0.25) is 28.9 Å². The van der Waals surface area contributed by atoms with Gasteiger partial charge in [0.05, 0.1) is 25.0 Å². The van der Waals surface area contributed by atoms with E-state index in [1.54, 1.807) is 6.20 Å². The van der Waals surface area contributed by atoms with E-state index in [1.807, 2.05) is 36.1 Å². The van der Waals surface area contributed by atoms with E-state index >= 15 is 0 Å². The van der Waals surface area contributed by atoms with Crippen LogP contribution in [0, 0.1) is 0 Å². The highest BCUT2D eigenvalue weighted by atomic mass is 16.4. The molecule has 5 rings (SSSR count). The molecule has 4 heterocycles. The molecule has 1 unspecified atom stereocenters. The number of hydrogen-bond acceptors (Lipinski definition) is 9. The van der Waals surface area contributed by atoms with E-state index < -0.39 is 66.2 Å². The molecular weight excluding hydrogens is 572 g/mol. The Morgan fingerprint density at radius 1 is 1.02 bits per heavy atom. The number of nitrogens with one attached hydrogen (secondary N) is 5.